The van der Waals surface area contributed by atoms with Gasteiger partial charge in [0.15, 0.2) is 4.77 Å². The molecule has 2 nitrogen and oxygen atoms in total. The summed E-state index contributed by atoms with van der Waals surface area (Å²) in [6, 6.07) is 11.8. The molecule has 0 amide bonds. The van der Waals surface area contributed by atoms with E-state index in [1.807, 2.05) is 41.0 Å². The van der Waals surface area contributed by atoms with Crippen molar-refractivity contribution < 1.29 is 4.39 Å². The smallest absolute Gasteiger partial charge is 0.178 e. The van der Waals surface area contributed by atoms with Crippen LogP contribution in [0, 0.1) is 24.4 Å². The van der Waals surface area contributed by atoms with Gasteiger partial charge in [0.05, 0.1) is 17.6 Å². The van der Waals surface area contributed by atoms with Gasteiger partial charge >= 0.3 is 0 Å². The van der Waals surface area contributed by atoms with E-state index >= 15 is 0 Å². The molecule has 0 spiro atoms. The molecule has 0 aliphatic rings. The average Bonchev–Trinajstić information content (AvgIpc) is 2.73. The third-order valence-electron chi connectivity index (χ3n) is 3.52. The number of aryl methyl sites for hydroxylation is 2. The fourth-order valence-corrected chi connectivity index (χ4v) is 2.85. The van der Waals surface area contributed by atoms with Gasteiger partial charge in [0.1, 0.15) is 5.82 Å². The van der Waals surface area contributed by atoms with Crippen LogP contribution in [0.25, 0.3) is 11.0 Å². The maximum absolute atomic E-state index is 13.7. The molecule has 0 aliphatic heterocycles. The number of aromatic nitrogens is 2. The Labute approximate surface area is 121 Å². The number of nitrogens with zero attached hydrogens (tertiary/aromatic N) is 1. The maximum Gasteiger partial charge on any atom is 0.178 e. The number of aromatic amines is 1. The molecule has 0 aliphatic carbocycles. The lowest BCUT2D eigenvalue weighted by Crippen LogP contribution is -2.01. The first-order valence-corrected chi connectivity index (χ1v) is 6.90. The van der Waals surface area contributed by atoms with E-state index in [9.17, 15) is 4.39 Å². The molecular weight excluding hydrogens is 271 g/mol. The van der Waals surface area contributed by atoms with E-state index < -0.39 is 0 Å². The maximum atomic E-state index is 13.7. The fraction of sp³-hybridized carbons (Fsp3) is 0.188. The number of benzene rings is 2. The minimum atomic E-state index is -0.128. The molecule has 3 aromatic rings. The van der Waals surface area contributed by atoms with Crippen molar-refractivity contribution in [3.63, 3.8) is 0 Å². The number of rotatable bonds is 2. The van der Waals surface area contributed by atoms with E-state index in [4.69, 9.17) is 12.2 Å². The summed E-state index contributed by atoms with van der Waals surface area (Å²) in [6.07, 6.45) is 0. The predicted molar refractivity (Wildman–Crippen MR) is 82.1 cm³/mol. The van der Waals surface area contributed by atoms with E-state index in [1.165, 1.54) is 0 Å². The van der Waals surface area contributed by atoms with Gasteiger partial charge in [0.2, 0.25) is 0 Å². The zero-order valence-corrected chi connectivity index (χ0v) is 12.2. The fourth-order valence-electron chi connectivity index (χ4n) is 2.57. The minimum absolute atomic E-state index is 0.128. The summed E-state index contributed by atoms with van der Waals surface area (Å²) in [4.78, 5) is 3.19. The van der Waals surface area contributed by atoms with Gasteiger partial charge in [-0.15, -0.1) is 0 Å². The molecule has 102 valence electrons. The molecule has 1 heterocycles. The van der Waals surface area contributed by atoms with Crippen LogP contribution in [0.2, 0.25) is 0 Å². The largest absolute Gasteiger partial charge is 0.331 e. The molecule has 2 aromatic carbocycles. The standard InChI is InChI=1S/C16H15FN2S/c1-10-7-12(8-11(2)15(10)17)9-19-14-6-4-3-5-13(14)18-16(19)20/h3-8H,9H2,1-2H3,(H,18,20). The molecule has 0 radical (unpaired) electrons. The molecule has 4 heteroatoms. The summed E-state index contributed by atoms with van der Waals surface area (Å²) in [6.45, 7) is 4.23. The number of imidazole rings is 1. The van der Waals surface area contributed by atoms with Gasteiger partial charge in [0, 0.05) is 0 Å². The summed E-state index contributed by atoms with van der Waals surface area (Å²) in [7, 11) is 0. The second-order valence-electron chi connectivity index (χ2n) is 5.08. The van der Waals surface area contributed by atoms with Crippen molar-refractivity contribution in [2.24, 2.45) is 0 Å². The zero-order valence-electron chi connectivity index (χ0n) is 11.4. The number of halogens is 1. The van der Waals surface area contributed by atoms with E-state index in [1.54, 1.807) is 13.8 Å². The SMILES string of the molecule is Cc1cc(Cn2c(=S)[nH]c3ccccc32)cc(C)c1F. The second kappa shape index (κ2) is 4.87. The molecular formula is C16H15FN2S. The molecule has 0 fully saturated rings. The third kappa shape index (κ3) is 2.16. The third-order valence-corrected chi connectivity index (χ3v) is 3.84. The molecule has 1 aromatic heterocycles. The molecule has 0 saturated carbocycles. The highest BCUT2D eigenvalue weighted by molar-refractivity contribution is 7.71. The Balaban J connectivity index is 2.10. The number of nitrogens with one attached hydrogen (secondary N) is 1. The number of para-hydroxylation sites is 2. The van der Waals surface area contributed by atoms with E-state index in [0.29, 0.717) is 22.4 Å². The monoisotopic (exact) mass is 286 g/mol. The van der Waals surface area contributed by atoms with Crippen LogP contribution < -0.4 is 0 Å². The summed E-state index contributed by atoms with van der Waals surface area (Å²) in [5, 5.41) is 0. The van der Waals surface area contributed by atoms with Crippen molar-refractivity contribution in [3.05, 3.63) is 63.7 Å². The quantitative estimate of drug-likeness (QED) is 0.688. The molecule has 0 saturated heterocycles. The van der Waals surface area contributed by atoms with Crippen LogP contribution in [-0.2, 0) is 6.54 Å². The highest BCUT2D eigenvalue weighted by Gasteiger charge is 2.08. The van der Waals surface area contributed by atoms with Gasteiger partial charge in [-0.05, 0) is 54.9 Å². The molecule has 0 atom stereocenters. The lowest BCUT2D eigenvalue weighted by atomic mass is 10.1. The lowest BCUT2D eigenvalue weighted by Gasteiger charge is -2.08. The first-order valence-electron chi connectivity index (χ1n) is 6.49. The lowest BCUT2D eigenvalue weighted by molar-refractivity contribution is 0.607. The first kappa shape index (κ1) is 13.1. The van der Waals surface area contributed by atoms with Crippen molar-refractivity contribution in [2.45, 2.75) is 20.4 Å². The average molecular weight is 286 g/mol. The summed E-state index contributed by atoms with van der Waals surface area (Å²) in [5.74, 6) is -0.128. The van der Waals surface area contributed by atoms with Crippen LogP contribution in [0.1, 0.15) is 16.7 Å². The Kier molecular flexibility index (Phi) is 3.18. The van der Waals surface area contributed by atoms with Crippen molar-refractivity contribution in [3.8, 4) is 0 Å². The van der Waals surface area contributed by atoms with Crippen molar-refractivity contribution in [1.29, 1.82) is 0 Å². The van der Waals surface area contributed by atoms with Crippen LogP contribution in [0.4, 0.5) is 4.39 Å². The topological polar surface area (TPSA) is 20.7 Å². The molecule has 20 heavy (non-hydrogen) atoms. The van der Waals surface area contributed by atoms with Crippen LogP contribution in [0.15, 0.2) is 36.4 Å². The molecule has 0 unspecified atom stereocenters. The molecule has 3 rings (SSSR count). The van der Waals surface area contributed by atoms with Crippen LogP contribution in [0.5, 0.6) is 0 Å². The van der Waals surface area contributed by atoms with Crippen LogP contribution in [0.3, 0.4) is 0 Å². The van der Waals surface area contributed by atoms with Gasteiger partial charge in [0.25, 0.3) is 0 Å². The normalized spacial score (nSPS) is 11.2. The van der Waals surface area contributed by atoms with Gasteiger partial charge in [-0.1, -0.05) is 24.3 Å². The number of H-pyrrole nitrogens is 1. The Hall–Kier alpha value is -1.94. The highest BCUT2D eigenvalue weighted by atomic mass is 32.1. The first-order chi connectivity index (χ1) is 9.56. The summed E-state index contributed by atoms with van der Waals surface area (Å²) < 4.78 is 16.4. The number of hydrogen-bond donors (Lipinski definition) is 1. The number of fused-ring (bicyclic) bond motifs is 1. The van der Waals surface area contributed by atoms with Gasteiger partial charge in [-0.25, -0.2) is 4.39 Å². The van der Waals surface area contributed by atoms with Crippen LogP contribution >= 0.6 is 12.2 Å². The van der Waals surface area contributed by atoms with Crippen molar-refractivity contribution >= 4 is 23.3 Å². The van der Waals surface area contributed by atoms with Gasteiger partial charge in [-0.2, -0.15) is 0 Å². The van der Waals surface area contributed by atoms with E-state index in [2.05, 4.69) is 4.98 Å². The Morgan fingerprint density at radius 2 is 1.80 bits per heavy atom. The predicted octanol–water partition coefficient (Wildman–Crippen LogP) is 4.50. The van der Waals surface area contributed by atoms with Gasteiger partial charge < -0.3 is 9.55 Å². The number of hydrogen-bond acceptors (Lipinski definition) is 1. The van der Waals surface area contributed by atoms with Crippen LogP contribution in [-0.4, -0.2) is 9.55 Å². The zero-order chi connectivity index (χ0) is 14.3. The second-order valence-corrected chi connectivity index (χ2v) is 5.46. The van der Waals surface area contributed by atoms with Crippen molar-refractivity contribution in [2.75, 3.05) is 0 Å². The van der Waals surface area contributed by atoms with E-state index in [0.717, 1.165) is 16.6 Å². The van der Waals surface area contributed by atoms with E-state index in [-0.39, 0.29) is 5.82 Å². The van der Waals surface area contributed by atoms with Crippen molar-refractivity contribution in [1.82, 2.24) is 9.55 Å². The van der Waals surface area contributed by atoms with Gasteiger partial charge in [-0.3, -0.25) is 0 Å². The minimum Gasteiger partial charge on any atom is -0.331 e. The molecule has 1 N–H and O–H groups in total. The highest BCUT2D eigenvalue weighted by Crippen LogP contribution is 2.19. The Morgan fingerprint density at radius 1 is 1.15 bits per heavy atom. The summed E-state index contributed by atoms with van der Waals surface area (Å²) >= 11 is 5.38. The summed E-state index contributed by atoms with van der Waals surface area (Å²) in [5.41, 5.74) is 4.49. The Bertz CT molecular complexity index is 822. The molecule has 0 bridgehead atoms. The Morgan fingerprint density at radius 3 is 2.50 bits per heavy atom.